The predicted molar refractivity (Wildman–Crippen MR) is 85.5 cm³/mol. The maximum Gasteiger partial charge on any atom is 0.256 e. The average molecular weight is 287 g/mol. The van der Waals surface area contributed by atoms with E-state index in [0.717, 1.165) is 18.5 Å². The van der Waals surface area contributed by atoms with Crippen molar-refractivity contribution in [1.29, 1.82) is 0 Å². The largest absolute Gasteiger partial charge is 0.398 e. The standard InChI is InChI=1S/C16H21N3O2/c1-10(2)7-8-19-9-11(16(21)18-3)15(20)14-12(17)5-4-6-13(14)19/h4-6,9-10H,7-8,17H2,1-3H3,(H,18,21). The van der Waals surface area contributed by atoms with Crippen LogP contribution in [0.4, 0.5) is 5.69 Å². The molecular weight excluding hydrogens is 266 g/mol. The minimum Gasteiger partial charge on any atom is -0.398 e. The molecule has 0 radical (unpaired) electrons. The number of aromatic nitrogens is 1. The Balaban J connectivity index is 2.72. The smallest absolute Gasteiger partial charge is 0.256 e. The second-order valence-electron chi connectivity index (χ2n) is 5.57. The molecule has 0 atom stereocenters. The Bertz CT molecular complexity index is 732. The Hall–Kier alpha value is -2.30. The number of fused-ring (bicyclic) bond motifs is 1. The fourth-order valence-electron chi connectivity index (χ4n) is 2.34. The Kier molecular flexibility index (Phi) is 4.31. The molecule has 0 saturated heterocycles. The van der Waals surface area contributed by atoms with Gasteiger partial charge in [-0.15, -0.1) is 0 Å². The van der Waals surface area contributed by atoms with Crippen molar-refractivity contribution in [3.63, 3.8) is 0 Å². The van der Waals surface area contributed by atoms with E-state index in [1.165, 1.54) is 7.05 Å². The van der Waals surface area contributed by atoms with Crippen LogP contribution >= 0.6 is 0 Å². The summed E-state index contributed by atoms with van der Waals surface area (Å²) >= 11 is 0. The number of hydrogen-bond acceptors (Lipinski definition) is 3. The molecule has 1 amide bonds. The van der Waals surface area contributed by atoms with E-state index in [1.807, 2.05) is 16.7 Å². The number of benzene rings is 1. The lowest BCUT2D eigenvalue weighted by Gasteiger charge is -2.15. The van der Waals surface area contributed by atoms with Crippen LogP contribution in [0.1, 0.15) is 30.6 Å². The van der Waals surface area contributed by atoms with E-state index in [4.69, 9.17) is 5.73 Å². The number of hydrogen-bond donors (Lipinski definition) is 2. The van der Waals surface area contributed by atoms with Crippen molar-refractivity contribution >= 4 is 22.5 Å². The number of carbonyl (C=O) groups is 1. The van der Waals surface area contributed by atoms with Crippen LogP contribution in [0.25, 0.3) is 10.9 Å². The van der Waals surface area contributed by atoms with E-state index < -0.39 is 0 Å². The summed E-state index contributed by atoms with van der Waals surface area (Å²) in [5.74, 6) is 0.146. The SMILES string of the molecule is CNC(=O)c1cn(CCC(C)C)c2cccc(N)c2c1=O. The molecule has 0 bridgehead atoms. The second kappa shape index (κ2) is 5.99. The summed E-state index contributed by atoms with van der Waals surface area (Å²) < 4.78 is 1.94. The summed E-state index contributed by atoms with van der Waals surface area (Å²) in [4.78, 5) is 24.4. The van der Waals surface area contributed by atoms with E-state index in [2.05, 4.69) is 19.2 Å². The first-order valence-electron chi connectivity index (χ1n) is 7.09. The highest BCUT2D eigenvalue weighted by atomic mass is 16.2. The molecule has 5 heteroatoms. The Morgan fingerprint density at radius 2 is 2.10 bits per heavy atom. The van der Waals surface area contributed by atoms with Gasteiger partial charge in [0, 0.05) is 25.5 Å². The van der Waals surface area contributed by atoms with Gasteiger partial charge in [0.1, 0.15) is 5.56 Å². The van der Waals surface area contributed by atoms with Crippen molar-refractivity contribution in [2.24, 2.45) is 5.92 Å². The number of pyridine rings is 1. The Morgan fingerprint density at radius 1 is 1.38 bits per heavy atom. The summed E-state index contributed by atoms with van der Waals surface area (Å²) in [6.45, 7) is 5.01. The van der Waals surface area contributed by atoms with Crippen molar-refractivity contribution in [3.05, 3.63) is 40.2 Å². The number of anilines is 1. The van der Waals surface area contributed by atoms with Gasteiger partial charge in [-0.05, 0) is 24.5 Å². The third-order valence-electron chi connectivity index (χ3n) is 3.56. The fourth-order valence-corrected chi connectivity index (χ4v) is 2.34. The number of nitrogens with two attached hydrogens (primary N) is 1. The molecule has 0 aliphatic heterocycles. The summed E-state index contributed by atoms with van der Waals surface area (Å²) in [6, 6.07) is 5.37. The number of nitrogens with zero attached hydrogens (tertiary/aromatic N) is 1. The number of aryl methyl sites for hydroxylation is 1. The maximum atomic E-state index is 12.5. The quantitative estimate of drug-likeness (QED) is 0.844. The molecule has 3 N–H and O–H groups in total. The highest BCUT2D eigenvalue weighted by molar-refractivity contribution is 5.99. The molecule has 5 nitrogen and oxygen atoms in total. The van der Waals surface area contributed by atoms with Crippen LogP contribution < -0.4 is 16.5 Å². The van der Waals surface area contributed by atoms with Crippen molar-refractivity contribution in [2.75, 3.05) is 12.8 Å². The van der Waals surface area contributed by atoms with Gasteiger partial charge in [-0.25, -0.2) is 0 Å². The summed E-state index contributed by atoms with van der Waals surface area (Å²) in [6.07, 6.45) is 2.59. The summed E-state index contributed by atoms with van der Waals surface area (Å²) in [7, 11) is 1.51. The van der Waals surface area contributed by atoms with Crippen LogP contribution in [0.2, 0.25) is 0 Å². The van der Waals surface area contributed by atoms with Crippen molar-refractivity contribution in [1.82, 2.24) is 9.88 Å². The minimum atomic E-state index is -0.386. The predicted octanol–water partition coefficient (Wildman–Crippen LogP) is 1.99. The molecule has 0 spiro atoms. The molecule has 1 aromatic heterocycles. The highest BCUT2D eigenvalue weighted by Gasteiger charge is 2.16. The van der Waals surface area contributed by atoms with Crippen LogP contribution in [0.3, 0.4) is 0 Å². The van der Waals surface area contributed by atoms with E-state index in [1.54, 1.807) is 12.3 Å². The van der Waals surface area contributed by atoms with Gasteiger partial charge < -0.3 is 15.6 Å². The van der Waals surface area contributed by atoms with E-state index >= 15 is 0 Å². The molecule has 1 heterocycles. The first-order chi connectivity index (χ1) is 9.95. The third kappa shape index (κ3) is 2.91. The third-order valence-corrected chi connectivity index (χ3v) is 3.56. The molecule has 0 fully saturated rings. The number of rotatable bonds is 4. The second-order valence-corrected chi connectivity index (χ2v) is 5.57. The van der Waals surface area contributed by atoms with Gasteiger partial charge in [-0.2, -0.15) is 0 Å². The van der Waals surface area contributed by atoms with Gasteiger partial charge in [-0.3, -0.25) is 9.59 Å². The molecule has 112 valence electrons. The van der Waals surface area contributed by atoms with Gasteiger partial charge in [0.15, 0.2) is 0 Å². The van der Waals surface area contributed by atoms with Crippen molar-refractivity contribution in [3.8, 4) is 0 Å². The first-order valence-corrected chi connectivity index (χ1v) is 7.09. The lowest BCUT2D eigenvalue weighted by molar-refractivity contribution is 0.0961. The van der Waals surface area contributed by atoms with Crippen molar-refractivity contribution < 1.29 is 4.79 Å². The van der Waals surface area contributed by atoms with Crippen LogP contribution in [-0.4, -0.2) is 17.5 Å². The first kappa shape index (κ1) is 15.1. The Morgan fingerprint density at radius 3 is 2.71 bits per heavy atom. The van der Waals surface area contributed by atoms with Crippen LogP contribution in [0.5, 0.6) is 0 Å². The number of nitrogens with one attached hydrogen (secondary N) is 1. The molecule has 2 aromatic rings. The lowest BCUT2D eigenvalue weighted by atomic mass is 10.1. The minimum absolute atomic E-state index is 0.131. The molecule has 0 saturated carbocycles. The lowest BCUT2D eigenvalue weighted by Crippen LogP contribution is -2.27. The van der Waals surface area contributed by atoms with E-state index in [-0.39, 0.29) is 16.9 Å². The van der Waals surface area contributed by atoms with E-state index in [9.17, 15) is 9.59 Å². The zero-order valence-corrected chi connectivity index (χ0v) is 12.6. The van der Waals surface area contributed by atoms with Crippen LogP contribution in [-0.2, 0) is 6.54 Å². The molecule has 0 unspecified atom stereocenters. The highest BCUT2D eigenvalue weighted by Crippen LogP contribution is 2.19. The zero-order chi connectivity index (χ0) is 15.6. The Labute approximate surface area is 123 Å². The molecule has 1 aromatic carbocycles. The van der Waals surface area contributed by atoms with Crippen LogP contribution in [0.15, 0.2) is 29.2 Å². The molecule has 0 aliphatic carbocycles. The van der Waals surface area contributed by atoms with E-state index in [0.29, 0.717) is 17.0 Å². The number of amides is 1. The summed E-state index contributed by atoms with van der Waals surface area (Å²) in [5, 5.41) is 2.92. The van der Waals surface area contributed by atoms with Crippen molar-refractivity contribution in [2.45, 2.75) is 26.8 Å². The van der Waals surface area contributed by atoms with Gasteiger partial charge in [0.05, 0.1) is 10.9 Å². The topological polar surface area (TPSA) is 77.1 Å². The van der Waals surface area contributed by atoms with Gasteiger partial charge in [0.2, 0.25) is 5.43 Å². The molecular formula is C16H21N3O2. The van der Waals surface area contributed by atoms with Gasteiger partial charge in [0.25, 0.3) is 5.91 Å². The van der Waals surface area contributed by atoms with Crippen LogP contribution in [0, 0.1) is 5.92 Å². The summed E-state index contributed by atoms with van der Waals surface area (Å²) in [5.41, 5.74) is 6.94. The van der Waals surface area contributed by atoms with Gasteiger partial charge in [-0.1, -0.05) is 19.9 Å². The molecule has 0 aliphatic rings. The monoisotopic (exact) mass is 287 g/mol. The van der Waals surface area contributed by atoms with Gasteiger partial charge >= 0.3 is 0 Å². The maximum absolute atomic E-state index is 12.5. The average Bonchev–Trinajstić information content (AvgIpc) is 2.45. The normalized spacial score (nSPS) is 11.0. The fraction of sp³-hybridized carbons (Fsp3) is 0.375. The zero-order valence-electron chi connectivity index (χ0n) is 12.6. The molecule has 2 rings (SSSR count). The number of nitrogen functional groups attached to an aromatic ring is 1. The molecule has 21 heavy (non-hydrogen) atoms. The number of carbonyl (C=O) groups excluding carboxylic acids is 1.